The summed E-state index contributed by atoms with van der Waals surface area (Å²) in [7, 11) is 4.94. The minimum absolute atomic E-state index is 0. The van der Waals surface area contributed by atoms with Gasteiger partial charge in [-0.25, -0.2) is 0 Å². The van der Waals surface area contributed by atoms with Crippen LogP contribution in [0.3, 0.4) is 0 Å². The van der Waals surface area contributed by atoms with E-state index in [0.717, 1.165) is 0 Å². The fourth-order valence-corrected chi connectivity index (χ4v) is 68.0. The minimum Gasteiger partial charge on any atom is -0.813 e. The number of hydrogen-bond donors (Lipinski definition) is 0. The molecule has 0 saturated carbocycles. The average Bonchev–Trinajstić information content (AvgIpc) is 3.00. The van der Waals surface area contributed by atoms with E-state index in [1.807, 2.05) is 0 Å². The molecule has 6 heteroatoms. The molecule has 0 bridgehead atoms. The molecule has 1 saturated heterocycles. The first kappa shape index (κ1) is 42.6. The van der Waals surface area contributed by atoms with E-state index >= 15 is 0 Å². The van der Waals surface area contributed by atoms with Gasteiger partial charge in [0.2, 0.25) is 0 Å². The summed E-state index contributed by atoms with van der Waals surface area (Å²) in [5, 5.41) is 0. The maximum Gasteiger partial charge on any atom is -0.412 e. The van der Waals surface area contributed by atoms with Crippen LogP contribution >= 0.6 is 16.8 Å². The molecule has 7 rings (SSSR count). The molecule has 1 fully saturated rings. The SMILES string of the molecule is Cc1cc(C)c(-c2cccc(-c3c(C)cc(C)cc3C)[c]2[Ge]2[S][Ge]([c]3c(-c4c(C)cc(C)cc4C)cccc3-c3c(C)cc(C)cc3C)[S]2)c(C)c1.O.[SH-]. The molecule has 54 heavy (non-hydrogen) atoms. The van der Waals surface area contributed by atoms with Gasteiger partial charge in [-0.2, -0.15) is 0 Å². The van der Waals surface area contributed by atoms with E-state index in [9.17, 15) is 0 Å². The van der Waals surface area contributed by atoms with Crippen molar-refractivity contribution in [3.8, 4) is 44.5 Å². The molecule has 0 atom stereocenters. The van der Waals surface area contributed by atoms with Crippen molar-refractivity contribution in [2.45, 2.75) is 83.1 Å². The van der Waals surface area contributed by atoms with Crippen molar-refractivity contribution < 1.29 is 5.48 Å². The van der Waals surface area contributed by atoms with Gasteiger partial charge in [-0.1, -0.05) is 0 Å². The van der Waals surface area contributed by atoms with Crippen LogP contribution in [0, 0.1) is 83.1 Å². The fraction of sp³-hybridized carbons (Fsp3) is 0.250. The maximum atomic E-state index is 2.47. The molecule has 1 aliphatic rings. The van der Waals surface area contributed by atoms with E-state index in [-0.39, 0.29) is 19.0 Å². The fourth-order valence-electron chi connectivity index (χ4n) is 9.18. The van der Waals surface area contributed by atoms with Crippen LogP contribution in [-0.4, -0.2) is 29.6 Å². The standard InChI is InChI=1S/C48H50Ge2S2.H2O.H2S/c1-27-19-31(5)43(32(6)20-27)39-15-13-16-40(44-33(7)21-28(2)22-34(44)8)47(39)49-51-50(52-49)48-41(45-35(9)23-29(3)24-36(45)10)17-14-18-42(48)46-37(11)25-30(4)26-38(46)12;;/h13-26H,1-12H3;2*1H2/p-1. The quantitative estimate of drug-likeness (QED) is 0.0949. The van der Waals surface area contributed by atoms with Gasteiger partial charge in [0.25, 0.3) is 0 Å². The molecule has 0 aromatic heterocycles. The number of rotatable bonds is 6. The Morgan fingerprint density at radius 2 is 0.519 bits per heavy atom. The number of thiol groups is 1. The Kier molecular flexibility index (Phi) is 13.3. The van der Waals surface area contributed by atoms with E-state index in [1.165, 1.54) is 111 Å². The summed E-state index contributed by atoms with van der Waals surface area (Å²) in [4.78, 5) is 0. The van der Waals surface area contributed by atoms with Gasteiger partial charge in [0.1, 0.15) is 0 Å². The van der Waals surface area contributed by atoms with E-state index in [4.69, 9.17) is 0 Å². The van der Waals surface area contributed by atoms with Gasteiger partial charge in [0, 0.05) is 0 Å². The largest absolute Gasteiger partial charge is 0.813 e. The average molecular weight is 887 g/mol. The Balaban J connectivity index is 0.00000280. The summed E-state index contributed by atoms with van der Waals surface area (Å²) in [6.45, 7) is 27.5. The van der Waals surface area contributed by atoms with Crippen molar-refractivity contribution in [1.82, 2.24) is 0 Å². The van der Waals surface area contributed by atoms with Crippen molar-refractivity contribution in [2.75, 3.05) is 0 Å². The molecule has 1 aliphatic heterocycles. The molecule has 2 radical (unpaired) electrons. The van der Waals surface area contributed by atoms with Crippen LogP contribution in [0.25, 0.3) is 44.5 Å². The number of benzene rings is 6. The molecule has 1 nitrogen and oxygen atoms in total. The molecule has 0 unspecified atom stereocenters. The van der Waals surface area contributed by atoms with Gasteiger partial charge in [-0.05, 0) is 0 Å². The Labute approximate surface area is 345 Å². The smallest absolute Gasteiger partial charge is 0.412 e. The van der Waals surface area contributed by atoms with Crippen LogP contribution < -0.4 is 8.79 Å². The van der Waals surface area contributed by atoms with Crippen molar-refractivity contribution in [2.24, 2.45) is 0 Å². The van der Waals surface area contributed by atoms with Gasteiger partial charge in [-0.3, -0.25) is 0 Å². The molecule has 6 aromatic rings. The van der Waals surface area contributed by atoms with Gasteiger partial charge in [0.05, 0.1) is 0 Å². The molecule has 0 amide bonds. The third-order valence-corrected chi connectivity index (χ3v) is 75.6. The summed E-state index contributed by atoms with van der Waals surface area (Å²) < 4.78 is 3.34. The normalized spacial score (nSPS) is 13.0. The van der Waals surface area contributed by atoms with Crippen LogP contribution in [0.5, 0.6) is 0 Å². The molecule has 1 heterocycles. The second kappa shape index (κ2) is 16.9. The van der Waals surface area contributed by atoms with Gasteiger partial charge in [-0.15, -0.1) is 0 Å². The summed E-state index contributed by atoms with van der Waals surface area (Å²) in [5.41, 5.74) is 28.2. The minimum atomic E-state index is -1.87. The predicted molar refractivity (Wildman–Crippen MR) is 250 cm³/mol. The van der Waals surface area contributed by atoms with Crippen molar-refractivity contribution in [3.63, 3.8) is 0 Å². The first-order valence-corrected chi connectivity index (χ1v) is 32.4. The zero-order chi connectivity index (χ0) is 37.2. The molecular formula is C48H53Ge2OS3-. The zero-order valence-corrected chi connectivity index (χ0v) is 40.6. The first-order valence-electron chi connectivity index (χ1n) is 18.4. The van der Waals surface area contributed by atoms with E-state index in [0.29, 0.717) is 0 Å². The monoisotopic (exact) mass is 889 g/mol. The Bertz CT molecular complexity index is 2000. The summed E-state index contributed by atoms with van der Waals surface area (Å²) in [6, 6.07) is 33.5. The van der Waals surface area contributed by atoms with Crippen molar-refractivity contribution >= 4 is 63.2 Å². The van der Waals surface area contributed by atoms with Gasteiger partial charge in [0.15, 0.2) is 0 Å². The number of hydrogen-bond acceptors (Lipinski definition) is 3. The zero-order valence-electron chi connectivity index (χ0n) is 33.8. The summed E-state index contributed by atoms with van der Waals surface area (Å²) in [6.07, 6.45) is 0. The third kappa shape index (κ3) is 7.86. The molecule has 0 aliphatic carbocycles. The number of aryl methyl sites for hydroxylation is 12. The maximum absolute atomic E-state index is 2.47. The molecule has 278 valence electrons. The Morgan fingerprint density at radius 3 is 0.704 bits per heavy atom. The predicted octanol–water partition coefficient (Wildman–Crippen LogP) is 11.5. The summed E-state index contributed by atoms with van der Waals surface area (Å²) in [5.74, 6) is 0. The Hall–Kier alpha value is -2.58. The van der Waals surface area contributed by atoms with Crippen LogP contribution in [-0.2, 0) is 13.5 Å². The van der Waals surface area contributed by atoms with Gasteiger partial charge < -0.3 is 19.0 Å². The first-order chi connectivity index (χ1) is 24.7. The van der Waals surface area contributed by atoms with Crippen LogP contribution in [0.4, 0.5) is 0 Å². The third-order valence-electron chi connectivity index (χ3n) is 10.7. The molecule has 6 aromatic carbocycles. The Morgan fingerprint density at radius 1 is 0.333 bits per heavy atom. The summed E-state index contributed by atoms with van der Waals surface area (Å²) >= 11 is -3.74. The topological polar surface area (TPSA) is 31.5 Å². The second-order valence-corrected chi connectivity index (χ2v) is 47.3. The van der Waals surface area contributed by atoms with E-state index in [2.05, 4.69) is 185 Å². The van der Waals surface area contributed by atoms with Gasteiger partial charge >= 0.3 is 329 Å². The molecular weight excluding hydrogens is 834 g/mol. The molecule has 2 N–H and O–H groups in total. The van der Waals surface area contributed by atoms with E-state index in [1.54, 1.807) is 8.79 Å². The van der Waals surface area contributed by atoms with Crippen LogP contribution in [0.15, 0.2) is 84.9 Å². The van der Waals surface area contributed by atoms with Crippen molar-refractivity contribution in [1.29, 1.82) is 0 Å². The van der Waals surface area contributed by atoms with Crippen LogP contribution in [0.2, 0.25) is 0 Å². The van der Waals surface area contributed by atoms with Crippen LogP contribution in [0.1, 0.15) is 66.8 Å². The van der Waals surface area contributed by atoms with E-state index < -0.39 is 24.1 Å². The van der Waals surface area contributed by atoms with Crippen molar-refractivity contribution in [3.05, 3.63) is 152 Å². The second-order valence-electron chi connectivity index (χ2n) is 15.3. The molecule has 0 spiro atoms.